The second-order valence-electron chi connectivity index (χ2n) is 2.29. The number of hydrogen-bond acceptors (Lipinski definition) is 3. The van der Waals surface area contributed by atoms with Gasteiger partial charge in [-0.3, -0.25) is 0 Å². The fraction of sp³-hybridized carbons (Fsp3) is 0. The summed E-state index contributed by atoms with van der Waals surface area (Å²) in [7, 11) is 0. The lowest BCUT2D eigenvalue weighted by Gasteiger charge is -2.01. The second kappa shape index (κ2) is 3.44. The first-order valence-electron chi connectivity index (χ1n) is 3.23. The van der Waals surface area contributed by atoms with Crippen molar-refractivity contribution in [3.8, 4) is 0 Å². The minimum atomic E-state index is 0.267. The summed E-state index contributed by atoms with van der Waals surface area (Å²) in [5.74, 6) is 5.28. The van der Waals surface area contributed by atoms with Crippen LogP contribution in [0.5, 0.6) is 0 Å². The molecule has 0 aliphatic rings. The van der Waals surface area contributed by atoms with Gasteiger partial charge < -0.3 is 17.3 Å². The van der Waals surface area contributed by atoms with Crippen LogP contribution >= 0.6 is 15.9 Å². The molecule has 0 saturated heterocycles. The van der Waals surface area contributed by atoms with E-state index in [1.54, 1.807) is 18.2 Å². The van der Waals surface area contributed by atoms with E-state index in [0.717, 1.165) is 4.47 Å². The van der Waals surface area contributed by atoms with Gasteiger partial charge in [0.25, 0.3) is 0 Å². The molecule has 1 rings (SSSR count). The molecule has 64 valence electrons. The summed E-state index contributed by atoms with van der Waals surface area (Å²) in [6.45, 7) is 0. The minimum absolute atomic E-state index is 0.267. The Morgan fingerprint density at radius 3 is 2.50 bits per heavy atom. The molecule has 0 heterocycles. The molecule has 5 heteroatoms. The third-order valence-electron chi connectivity index (χ3n) is 1.35. The number of benzene rings is 1. The van der Waals surface area contributed by atoms with Crippen molar-refractivity contribution in [2.24, 2.45) is 16.7 Å². The molecule has 0 amide bonds. The average molecular weight is 229 g/mol. The second-order valence-corrected chi connectivity index (χ2v) is 3.20. The molecule has 0 unspecified atom stereocenters. The van der Waals surface area contributed by atoms with Crippen LogP contribution in [-0.2, 0) is 0 Å². The predicted octanol–water partition coefficient (Wildman–Crippen LogP) is 0.610. The topological polar surface area (TPSA) is 90.4 Å². The van der Waals surface area contributed by atoms with Gasteiger partial charge in [0.1, 0.15) is 5.84 Å². The van der Waals surface area contributed by atoms with E-state index >= 15 is 0 Å². The van der Waals surface area contributed by atoms with Crippen LogP contribution in [0.15, 0.2) is 27.8 Å². The van der Waals surface area contributed by atoms with Crippen LogP contribution in [0.1, 0.15) is 5.56 Å². The molecule has 0 aromatic heterocycles. The maximum atomic E-state index is 5.57. The van der Waals surface area contributed by atoms with Crippen molar-refractivity contribution in [3.05, 3.63) is 28.2 Å². The molecule has 0 saturated carbocycles. The van der Waals surface area contributed by atoms with Gasteiger partial charge in [-0.1, -0.05) is 15.9 Å². The van der Waals surface area contributed by atoms with Gasteiger partial charge in [-0.2, -0.15) is 5.10 Å². The SMILES string of the molecule is N/N=C(\N)c1cc(N)cc(Br)c1. The first-order chi connectivity index (χ1) is 5.63. The van der Waals surface area contributed by atoms with Crippen molar-refractivity contribution in [1.29, 1.82) is 0 Å². The van der Waals surface area contributed by atoms with Crippen LogP contribution in [0.25, 0.3) is 0 Å². The highest BCUT2D eigenvalue weighted by molar-refractivity contribution is 9.10. The average Bonchev–Trinajstić information content (AvgIpc) is 2.01. The highest BCUT2D eigenvalue weighted by Gasteiger charge is 2.00. The zero-order chi connectivity index (χ0) is 9.14. The smallest absolute Gasteiger partial charge is 0.150 e. The lowest BCUT2D eigenvalue weighted by Crippen LogP contribution is -2.15. The van der Waals surface area contributed by atoms with Crippen molar-refractivity contribution in [1.82, 2.24) is 0 Å². The molecule has 0 fully saturated rings. The Morgan fingerprint density at radius 2 is 2.00 bits per heavy atom. The van der Waals surface area contributed by atoms with Gasteiger partial charge in [0.2, 0.25) is 0 Å². The Hall–Kier alpha value is -1.23. The molecule has 0 aliphatic carbocycles. The highest BCUT2D eigenvalue weighted by atomic mass is 79.9. The summed E-state index contributed by atoms with van der Waals surface area (Å²) >= 11 is 3.28. The lowest BCUT2D eigenvalue weighted by atomic mass is 10.2. The summed E-state index contributed by atoms with van der Waals surface area (Å²) in [6, 6.07) is 5.27. The molecular formula is C7H9BrN4. The van der Waals surface area contributed by atoms with Gasteiger partial charge in [0.15, 0.2) is 0 Å². The van der Waals surface area contributed by atoms with E-state index in [9.17, 15) is 0 Å². The number of hydrogen-bond donors (Lipinski definition) is 3. The third kappa shape index (κ3) is 1.88. The van der Waals surface area contributed by atoms with Crippen LogP contribution in [0.4, 0.5) is 5.69 Å². The van der Waals surface area contributed by atoms with Crippen molar-refractivity contribution in [2.45, 2.75) is 0 Å². The molecular weight excluding hydrogens is 220 g/mol. The molecule has 1 aromatic carbocycles. The Kier molecular flexibility index (Phi) is 2.54. The first-order valence-corrected chi connectivity index (χ1v) is 4.02. The molecule has 0 spiro atoms. The number of nitrogens with two attached hydrogens (primary N) is 3. The first kappa shape index (κ1) is 8.86. The highest BCUT2D eigenvalue weighted by Crippen LogP contribution is 2.16. The molecule has 4 nitrogen and oxygen atoms in total. The van der Waals surface area contributed by atoms with E-state index < -0.39 is 0 Å². The number of anilines is 1. The summed E-state index contributed by atoms with van der Waals surface area (Å²) in [6.07, 6.45) is 0. The van der Waals surface area contributed by atoms with Gasteiger partial charge in [-0.15, -0.1) is 0 Å². The van der Waals surface area contributed by atoms with Crippen LogP contribution in [0.2, 0.25) is 0 Å². The zero-order valence-electron chi connectivity index (χ0n) is 6.29. The van der Waals surface area contributed by atoms with Crippen molar-refractivity contribution in [2.75, 3.05) is 5.73 Å². The van der Waals surface area contributed by atoms with Crippen molar-refractivity contribution in [3.63, 3.8) is 0 Å². The van der Waals surface area contributed by atoms with E-state index in [-0.39, 0.29) is 5.84 Å². The fourth-order valence-corrected chi connectivity index (χ4v) is 1.35. The Balaban J connectivity index is 3.17. The largest absolute Gasteiger partial charge is 0.399 e. The number of nitrogen functional groups attached to an aromatic ring is 1. The number of halogens is 1. The van der Waals surface area contributed by atoms with Crippen molar-refractivity contribution < 1.29 is 0 Å². The lowest BCUT2D eigenvalue weighted by molar-refractivity contribution is 1.23. The van der Waals surface area contributed by atoms with E-state index in [1.165, 1.54) is 0 Å². The van der Waals surface area contributed by atoms with Crippen LogP contribution in [-0.4, -0.2) is 5.84 Å². The molecule has 0 bridgehead atoms. The predicted molar refractivity (Wildman–Crippen MR) is 53.5 cm³/mol. The number of rotatable bonds is 1. The van der Waals surface area contributed by atoms with Crippen LogP contribution in [0.3, 0.4) is 0 Å². The van der Waals surface area contributed by atoms with Crippen molar-refractivity contribution >= 4 is 27.5 Å². The summed E-state index contributed by atoms with van der Waals surface area (Å²) in [5.41, 5.74) is 12.4. The van der Waals surface area contributed by atoms with Crippen LogP contribution in [0, 0.1) is 0 Å². The summed E-state index contributed by atoms with van der Waals surface area (Å²) in [5, 5.41) is 3.36. The maximum Gasteiger partial charge on any atom is 0.150 e. The van der Waals surface area contributed by atoms with E-state index in [2.05, 4.69) is 21.0 Å². The maximum absolute atomic E-state index is 5.57. The molecule has 0 radical (unpaired) electrons. The summed E-state index contributed by atoms with van der Waals surface area (Å²) in [4.78, 5) is 0. The minimum Gasteiger partial charge on any atom is -0.399 e. The number of hydrazone groups is 1. The summed E-state index contributed by atoms with van der Waals surface area (Å²) < 4.78 is 0.851. The molecule has 0 aliphatic heterocycles. The third-order valence-corrected chi connectivity index (χ3v) is 1.81. The quantitative estimate of drug-likeness (QED) is 0.216. The van der Waals surface area contributed by atoms with Gasteiger partial charge in [0, 0.05) is 15.7 Å². The Bertz CT molecular complexity index is 301. The van der Waals surface area contributed by atoms with E-state index in [4.69, 9.17) is 17.3 Å². The fourth-order valence-electron chi connectivity index (χ4n) is 0.835. The van der Waals surface area contributed by atoms with Crippen LogP contribution < -0.4 is 17.3 Å². The molecule has 0 atom stereocenters. The number of amidine groups is 1. The Labute approximate surface area is 78.5 Å². The van der Waals surface area contributed by atoms with Gasteiger partial charge >= 0.3 is 0 Å². The monoisotopic (exact) mass is 228 g/mol. The Morgan fingerprint density at radius 1 is 1.33 bits per heavy atom. The standard InChI is InChI=1S/C7H9BrN4/c8-5-1-4(7(10)12-11)2-6(9)3-5/h1-3H,9,11H2,(H2,10,12). The van der Waals surface area contributed by atoms with Gasteiger partial charge in [-0.25, -0.2) is 0 Å². The molecule has 12 heavy (non-hydrogen) atoms. The molecule has 1 aromatic rings. The zero-order valence-corrected chi connectivity index (χ0v) is 7.88. The van der Waals surface area contributed by atoms with Gasteiger partial charge in [-0.05, 0) is 18.2 Å². The van der Waals surface area contributed by atoms with Gasteiger partial charge in [0.05, 0.1) is 0 Å². The van der Waals surface area contributed by atoms with E-state index in [0.29, 0.717) is 11.3 Å². The normalized spacial score (nSPS) is 11.6. The van der Waals surface area contributed by atoms with E-state index in [1.807, 2.05) is 0 Å². The number of nitrogens with zero attached hydrogens (tertiary/aromatic N) is 1. The molecule has 6 N–H and O–H groups in total.